The van der Waals surface area contributed by atoms with Gasteiger partial charge in [0.2, 0.25) is 6.41 Å². The van der Waals surface area contributed by atoms with Gasteiger partial charge in [0.1, 0.15) is 0 Å². The van der Waals surface area contributed by atoms with Gasteiger partial charge in [0.15, 0.2) is 0 Å². The molecule has 0 aliphatic rings. The first-order valence-electron chi connectivity index (χ1n) is 2.84. The van der Waals surface area contributed by atoms with Crippen LogP contribution >= 0.6 is 0 Å². The van der Waals surface area contributed by atoms with E-state index in [1.54, 1.807) is 0 Å². The molecular weight excluding hydrogens is 125 g/mol. The van der Waals surface area contributed by atoms with Crippen LogP contribution in [-0.2, 0) is 4.79 Å². The van der Waals surface area contributed by atoms with E-state index in [9.17, 15) is 4.79 Å². The number of hydrogen-bond acceptors (Lipinski definition) is 1. The van der Waals surface area contributed by atoms with Crippen LogP contribution in [0.3, 0.4) is 0 Å². The van der Waals surface area contributed by atoms with Gasteiger partial charge >= 0.3 is 0 Å². The van der Waals surface area contributed by atoms with Crippen LogP contribution < -0.4 is 5.32 Å². The molecule has 0 unspecified atom stereocenters. The molecule has 2 nitrogen and oxygen atoms in total. The Bertz CT molecular complexity index is 83.1. The van der Waals surface area contributed by atoms with Crippen LogP contribution in [0.15, 0.2) is 0 Å². The fourth-order valence-corrected chi connectivity index (χ4v) is 0.262. The van der Waals surface area contributed by atoms with Gasteiger partial charge in [0, 0.05) is 35.1 Å². The zero-order valence-corrected chi connectivity index (χ0v) is 8.69. The second-order valence-corrected chi connectivity index (χ2v) is 2.50. The monoisotopic (exact) mass is 138 g/mol. The van der Waals surface area contributed by atoms with E-state index >= 15 is 0 Å². The van der Waals surface area contributed by atoms with Crippen LogP contribution in [-0.4, -0.2) is 41.5 Å². The van der Waals surface area contributed by atoms with E-state index < -0.39 is 0 Å². The minimum Gasteiger partial charge on any atom is -0.354 e. The van der Waals surface area contributed by atoms with Crippen molar-refractivity contribution < 1.29 is 4.79 Å². The Kier molecular flexibility index (Phi) is 7.13. The van der Waals surface area contributed by atoms with Crippen LogP contribution in [0.4, 0.5) is 0 Å². The number of amides is 1. The summed E-state index contributed by atoms with van der Waals surface area (Å²) < 4.78 is 0. The molecule has 49 valence electrons. The standard InChI is InChI=1S/C6H13NO.Na/c1-4-6(2,3)7-5-8;/h5H,4H2,1-3H3,(H,7,8);. The summed E-state index contributed by atoms with van der Waals surface area (Å²) >= 11 is 0. The van der Waals surface area contributed by atoms with Gasteiger partial charge in [-0.25, -0.2) is 0 Å². The molecule has 0 fully saturated rings. The zero-order valence-electron chi connectivity index (χ0n) is 6.69. The summed E-state index contributed by atoms with van der Waals surface area (Å²) in [6.45, 7) is 6.01. The molecule has 0 saturated heterocycles. The van der Waals surface area contributed by atoms with Crippen molar-refractivity contribution >= 4 is 36.0 Å². The fourth-order valence-electron chi connectivity index (χ4n) is 0.262. The van der Waals surface area contributed by atoms with Crippen molar-refractivity contribution in [1.82, 2.24) is 5.32 Å². The van der Waals surface area contributed by atoms with Crippen LogP contribution in [0.5, 0.6) is 0 Å². The number of hydrogen-bond donors (Lipinski definition) is 1. The molecule has 0 rings (SSSR count). The first-order chi connectivity index (χ1) is 3.62. The second-order valence-electron chi connectivity index (χ2n) is 2.50. The van der Waals surface area contributed by atoms with Gasteiger partial charge in [-0.15, -0.1) is 0 Å². The summed E-state index contributed by atoms with van der Waals surface area (Å²) in [7, 11) is 0. The molecule has 0 aliphatic carbocycles. The quantitative estimate of drug-likeness (QED) is 0.447. The Labute approximate surface area is 78.7 Å². The van der Waals surface area contributed by atoms with Crippen molar-refractivity contribution in [2.45, 2.75) is 32.7 Å². The van der Waals surface area contributed by atoms with Crippen LogP contribution in [0.2, 0.25) is 0 Å². The number of carbonyl (C=O) groups excluding carboxylic acids is 1. The summed E-state index contributed by atoms with van der Waals surface area (Å²) in [5, 5.41) is 2.69. The van der Waals surface area contributed by atoms with Gasteiger partial charge < -0.3 is 5.32 Å². The third-order valence-corrected chi connectivity index (χ3v) is 1.33. The molecule has 1 N–H and O–H groups in total. The Morgan fingerprint density at radius 1 is 1.56 bits per heavy atom. The first kappa shape index (κ1) is 12.2. The van der Waals surface area contributed by atoms with E-state index in [-0.39, 0.29) is 35.1 Å². The third kappa shape index (κ3) is 6.35. The molecule has 0 spiro atoms. The van der Waals surface area contributed by atoms with Gasteiger partial charge in [-0.05, 0) is 20.3 Å². The molecule has 3 heteroatoms. The number of rotatable bonds is 3. The van der Waals surface area contributed by atoms with Gasteiger partial charge in [0.05, 0.1) is 0 Å². The largest absolute Gasteiger partial charge is 0.354 e. The predicted octanol–water partition coefficient (Wildman–Crippen LogP) is 0.540. The van der Waals surface area contributed by atoms with E-state index in [1.807, 2.05) is 20.8 Å². The van der Waals surface area contributed by atoms with E-state index in [2.05, 4.69) is 5.32 Å². The van der Waals surface area contributed by atoms with Crippen molar-refractivity contribution in [3.63, 3.8) is 0 Å². The molecule has 0 aromatic rings. The van der Waals surface area contributed by atoms with Crippen molar-refractivity contribution in [2.24, 2.45) is 0 Å². The molecule has 0 saturated carbocycles. The van der Waals surface area contributed by atoms with Gasteiger partial charge in [-0.2, -0.15) is 0 Å². The van der Waals surface area contributed by atoms with E-state index in [4.69, 9.17) is 0 Å². The average molecular weight is 138 g/mol. The SMILES string of the molecule is CCC(C)(C)NC=O.[Na]. The van der Waals surface area contributed by atoms with Crippen LogP contribution in [0, 0.1) is 0 Å². The van der Waals surface area contributed by atoms with Gasteiger partial charge in [-0.1, -0.05) is 6.92 Å². The van der Waals surface area contributed by atoms with Crippen LogP contribution in [0.25, 0.3) is 0 Å². The van der Waals surface area contributed by atoms with Crippen molar-refractivity contribution in [3.8, 4) is 0 Å². The number of nitrogens with one attached hydrogen (secondary N) is 1. The van der Waals surface area contributed by atoms with Crippen molar-refractivity contribution in [1.29, 1.82) is 0 Å². The summed E-state index contributed by atoms with van der Waals surface area (Å²) in [4.78, 5) is 9.87. The summed E-state index contributed by atoms with van der Waals surface area (Å²) in [6, 6.07) is 0. The molecule has 0 atom stereocenters. The van der Waals surface area contributed by atoms with E-state index in [1.165, 1.54) is 0 Å². The zero-order chi connectivity index (χ0) is 6.62. The number of carbonyl (C=O) groups is 1. The maximum atomic E-state index is 9.87. The molecule has 1 radical (unpaired) electrons. The summed E-state index contributed by atoms with van der Waals surface area (Å²) in [6.07, 6.45) is 1.70. The second kappa shape index (κ2) is 5.27. The molecule has 0 bridgehead atoms. The minimum atomic E-state index is -0.0260. The van der Waals surface area contributed by atoms with Crippen LogP contribution in [0.1, 0.15) is 27.2 Å². The first-order valence-corrected chi connectivity index (χ1v) is 2.84. The average Bonchev–Trinajstić information content (AvgIpc) is 1.67. The molecule has 0 aromatic heterocycles. The predicted molar refractivity (Wildman–Crippen MR) is 39.3 cm³/mol. The molecule has 9 heavy (non-hydrogen) atoms. The molecule has 0 aromatic carbocycles. The van der Waals surface area contributed by atoms with E-state index in [0.29, 0.717) is 0 Å². The molecule has 0 heterocycles. The molecule has 1 amide bonds. The topological polar surface area (TPSA) is 29.1 Å². The minimum absolute atomic E-state index is 0. The normalized spacial score (nSPS) is 9.67. The van der Waals surface area contributed by atoms with Crippen molar-refractivity contribution in [2.75, 3.05) is 0 Å². The Morgan fingerprint density at radius 3 is 2.11 bits per heavy atom. The fraction of sp³-hybridized carbons (Fsp3) is 0.833. The third-order valence-electron chi connectivity index (χ3n) is 1.33. The van der Waals surface area contributed by atoms with Gasteiger partial charge in [-0.3, -0.25) is 4.79 Å². The maximum Gasteiger partial charge on any atom is 0.207 e. The molecule has 0 aliphatic heterocycles. The van der Waals surface area contributed by atoms with Gasteiger partial charge in [0.25, 0.3) is 0 Å². The maximum absolute atomic E-state index is 9.87. The Morgan fingerprint density at radius 2 is 2.00 bits per heavy atom. The van der Waals surface area contributed by atoms with E-state index in [0.717, 1.165) is 12.8 Å². The summed E-state index contributed by atoms with van der Waals surface area (Å²) in [5.74, 6) is 0. The Hall–Kier alpha value is 0.470. The van der Waals surface area contributed by atoms with Crippen molar-refractivity contribution in [3.05, 3.63) is 0 Å². The smallest absolute Gasteiger partial charge is 0.207 e. The molecular formula is C6H13NNaO. The summed E-state index contributed by atoms with van der Waals surface area (Å²) in [5.41, 5.74) is -0.0260. The Balaban J connectivity index is 0.